The Bertz CT molecular complexity index is 1010. The van der Waals surface area contributed by atoms with E-state index in [0.717, 1.165) is 49.0 Å². The van der Waals surface area contributed by atoms with E-state index in [1.165, 1.54) is 5.56 Å². The summed E-state index contributed by atoms with van der Waals surface area (Å²) in [4.78, 5) is 11.3. The second kappa shape index (κ2) is 9.37. The van der Waals surface area contributed by atoms with E-state index < -0.39 is 7.12 Å². The second-order valence-electron chi connectivity index (χ2n) is 7.41. The molecular weight excluding hydrogens is 397 g/mol. The molecule has 0 radical (unpaired) electrons. The maximum Gasteiger partial charge on any atom is 0.488 e. The summed E-state index contributed by atoms with van der Waals surface area (Å²) in [6, 6.07) is 13.0. The zero-order valence-electron chi connectivity index (χ0n) is 16.4. The standard InChI is InChI=1S/C21H22BN5O2S/c23-11-18-5-6-19(12-24-18)25-21-26-20(14-30-21)16-7-9-27(10-8-16)13-15-1-3-17(4-2-15)22(28)29/h1-6,12,14,16,28-29H,7-10,13H2,(H,25,26). The molecule has 3 N–H and O–H groups in total. The van der Waals surface area contributed by atoms with Gasteiger partial charge in [-0.1, -0.05) is 24.3 Å². The Labute approximate surface area is 179 Å². The summed E-state index contributed by atoms with van der Waals surface area (Å²) in [6.45, 7) is 2.88. The highest BCUT2D eigenvalue weighted by Gasteiger charge is 2.23. The molecule has 9 heteroatoms. The number of nitrogens with zero attached hydrogens (tertiary/aromatic N) is 4. The maximum absolute atomic E-state index is 9.20. The minimum Gasteiger partial charge on any atom is -0.423 e. The van der Waals surface area contributed by atoms with Crippen molar-refractivity contribution in [2.75, 3.05) is 18.4 Å². The minimum absolute atomic E-state index is 0.397. The van der Waals surface area contributed by atoms with Crippen molar-refractivity contribution in [3.05, 3.63) is 64.9 Å². The van der Waals surface area contributed by atoms with Crippen LogP contribution in [0.4, 0.5) is 10.8 Å². The Kier molecular flexibility index (Phi) is 6.40. The van der Waals surface area contributed by atoms with E-state index in [1.54, 1.807) is 35.7 Å². The van der Waals surface area contributed by atoms with Gasteiger partial charge in [-0.05, 0) is 49.1 Å². The van der Waals surface area contributed by atoms with Crippen LogP contribution in [-0.2, 0) is 6.54 Å². The van der Waals surface area contributed by atoms with Crippen molar-refractivity contribution in [2.45, 2.75) is 25.3 Å². The minimum atomic E-state index is -1.42. The average molecular weight is 419 g/mol. The van der Waals surface area contributed by atoms with E-state index >= 15 is 0 Å². The van der Waals surface area contributed by atoms with Crippen LogP contribution >= 0.6 is 11.3 Å². The Morgan fingerprint density at radius 3 is 2.57 bits per heavy atom. The normalized spacial score (nSPS) is 15.0. The van der Waals surface area contributed by atoms with Crippen molar-refractivity contribution in [2.24, 2.45) is 0 Å². The summed E-state index contributed by atoms with van der Waals surface area (Å²) in [6.07, 6.45) is 3.77. The molecule has 0 aliphatic carbocycles. The van der Waals surface area contributed by atoms with E-state index in [4.69, 9.17) is 10.2 Å². The van der Waals surface area contributed by atoms with Gasteiger partial charge in [0, 0.05) is 17.8 Å². The van der Waals surface area contributed by atoms with Gasteiger partial charge in [-0.25, -0.2) is 9.97 Å². The molecule has 2 aromatic heterocycles. The van der Waals surface area contributed by atoms with Gasteiger partial charge >= 0.3 is 7.12 Å². The number of nitriles is 1. The fourth-order valence-corrected chi connectivity index (χ4v) is 4.44. The third-order valence-electron chi connectivity index (χ3n) is 5.34. The van der Waals surface area contributed by atoms with E-state index in [1.807, 2.05) is 24.3 Å². The largest absolute Gasteiger partial charge is 0.488 e. The monoisotopic (exact) mass is 419 g/mol. The molecule has 0 atom stereocenters. The first-order valence-corrected chi connectivity index (χ1v) is 10.7. The lowest BCUT2D eigenvalue weighted by Gasteiger charge is -2.31. The summed E-state index contributed by atoms with van der Waals surface area (Å²) in [5, 5.41) is 33.5. The van der Waals surface area contributed by atoms with Gasteiger partial charge in [0.2, 0.25) is 0 Å². The van der Waals surface area contributed by atoms with Crippen LogP contribution in [0.15, 0.2) is 48.0 Å². The molecule has 1 aromatic carbocycles. The molecule has 1 aliphatic heterocycles. The maximum atomic E-state index is 9.20. The van der Waals surface area contributed by atoms with E-state index in [0.29, 0.717) is 17.1 Å². The summed E-state index contributed by atoms with van der Waals surface area (Å²) in [7, 11) is -1.42. The first-order valence-electron chi connectivity index (χ1n) is 9.86. The highest BCUT2D eigenvalue weighted by Crippen LogP contribution is 2.31. The quantitative estimate of drug-likeness (QED) is 0.526. The Morgan fingerprint density at radius 2 is 1.93 bits per heavy atom. The van der Waals surface area contributed by atoms with Gasteiger partial charge in [0.15, 0.2) is 5.13 Å². The molecule has 30 heavy (non-hydrogen) atoms. The third kappa shape index (κ3) is 5.04. The highest BCUT2D eigenvalue weighted by atomic mass is 32.1. The number of thiazole rings is 1. The van der Waals surface area contributed by atoms with Gasteiger partial charge in [-0.15, -0.1) is 11.3 Å². The first-order chi connectivity index (χ1) is 14.6. The smallest absolute Gasteiger partial charge is 0.423 e. The van der Waals surface area contributed by atoms with Crippen LogP contribution in [0.2, 0.25) is 0 Å². The van der Waals surface area contributed by atoms with E-state index in [-0.39, 0.29) is 0 Å². The number of hydrogen-bond acceptors (Lipinski definition) is 8. The van der Waals surface area contributed by atoms with Crippen LogP contribution in [-0.4, -0.2) is 45.1 Å². The third-order valence-corrected chi connectivity index (χ3v) is 6.12. The molecule has 3 heterocycles. The van der Waals surface area contributed by atoms with Crippen LogP contribution < -0.4 is 10.8 Å². The SMILES string of the molecule is N#Cc1ccc(Nc2nc(C3CCN(Cc4ccc(B(O)O)cc4)CC3)cs2)cn1. The van der Waals surface area contributed by atoms with Gasteiger partial charge in [0.25, 0.3) is 0 Å². The van der Waals surface area contributed by atoms with Crippen LogP contribution in [0.25, 0.3) is 0 Å². The Hall–Kier alpha value is -2.77. The molecule has 152 valence electrons. The zero-order valence-corrected chi connectivity index (χ0v) is 17.2. The van der Waals surface area contributed by atoms with Gasteiger partial charge in [0.1, 0.15) is 11.8 Å². The predicted octanol–water partition coefficient (Wildman–Crippen LogP) is 2.21. The van der Waals surface area contributed by atoms with Crippen molar-refractivity contribution in [1.82, 2.24) is 14.9 Å². The van der Waals surface area contributed by atoms with E-state index in [2.05, 4.69) is 20.6 Å². The van der Waals surface area contributed by atoms with Gasteiger partial charge in [0.05, 0.1) is 17.6 Å². The molecule has 1 fully saturated rings. The molecule has 7 nitrogen and oxygen atoms in total. The average Bonchev–Trinajstić information content (AvgIpc) is 3.24. The number of hydrogen-bond donors (Lipinski definition) is 3. The van der Waals surface area contributed by atoms with Gasteiger partial charge < -0.3 is 15.4 Å². The van der Waals surface area contributed by atoms with Crippen LogP contribution in [0.5, 0.6) is 0 Å². The lowest BCUT2D eigenvalue weighted by molar-refractivity contribution is 0.203. The topological polar surface area (TPSA) is 105 Å². The molecule has 3 aromatic rings. The highest BCUT2D eigenvalue weighted by molar-refractivity contribution is 7.13. The number of rotatable bonds is 6. The Balaban J connectivity index is 1.29. The molecule has 0 saturated carbocycles. The second-order valence-corrected chi connectivity index (χ2v) is 8.27. The number of piperidine rings is 1. The van der Waals surface area contributed by atoms with Crippen molar-refractivity contribution >= 4 is 34.7 Å². The van der Waals surface area contributed by atoms with Crippen molar-refractivity contribution in [1.29, 1.82) is 5.26 Å². The molecule has 0 unspecified atom stereocenters. The van der Waals surface area contributed by atoms with Crippen LogP contribution in [0, 0.1) is 11.3 Å². The molecule has 1 aliphatic rings. The number of aromatic nitrogens is 2. The first kappa shape index (κ1) is 20.5. The van der Waals surface area contributed by atoms with Gasteiger partial charge in [-0.2, -0.15) is 5.26 Å². The lowest BCUT2D eigenvalue weighted by Crippen LogP contribution is -2.33. The predicted molar refractivity (Wildman–Crippen MR) is 118 cm³/mol. The molecule has 4 rings (SSSR count). The number of likely N-dealkylation sites (tertiary alicyclic amines) is 1. The van der Waals surface area contributed by atoms with Crippen molar-refractivity contribution < 1.29 is 10.0 Å². The summed E-state index contributed by atoms with van der Waals surface area (Å²) in [5.74, 6) is 0.457. The van der Waals surface area contributed by atoms with Crippen molar-refractivity contribution in [3.8, 4) is 6.07 Å². The number of anilines is 2. The molecule has 1 saturated heterocycles. The van der Waals surface area contributed by atoms with Crippen LogP contribution in [0.1, 0.15) is 35.7 Å². The molecular formula is C21H22BN5O2S. The zero-order chi connectivity index (χ0) is 20.9. The molecule has 0 bridgehead atoms. The van der Waals surface area contributed by atoms with Crippen LogP contribution in [0.3, 0.4) is 0 Å². The fraction of sp³-hybridized carbons (Fsp3) is 0.286. The van der Waals surface area contributed by atoms with E-state index in [9.17, 15) is 10.0 Å². The van der Waals surface area contributed by atoms with Crippen molar-refractivity contribution in [3.63, 3.8) is 0 Å². The molecule has 0 amide bonds. The summed E-state index contributed by atoms with van der Waals surface area (Å²) < 4.78 is 0. The summed E-state index contributed by atoms with van der Waals surface area (Å²) >= 11 is 1.59. The van der Waals surface area contributed by atoms with Gasteiger partial charge in [-0.3, -0.25) is 4.90 Å². The number of pyridine rings is 1. The molecule has 0 spiro atoms. The summed E-state index contributed by atoms with van der Waals surface area (Å²) in [5.41, 5.74) is 4.04. The fourth-order valence-electron chi connectivity index (χ4n) is 3.63. The number of nitrogens with one attached hydrogen (secondary N) is 1. The lowest BCUT2D eigenvalue weighted by atomic mass is 9.80. The Morgan fingerprint density at radius 1 is 1.17 bits per heavy atom. The number of benzene rings is 1.